The zero-order chi connectivity index (χ0) is 19.1. The first-order chi connectivity index (χ1) is 11.5. The first-order valence-electron chi connectivity index (χ1n) is 8.37. The first kappa shape index (κ1) is 21.2. The molecule has 0 aliphatic heterocycles. The number of sulfone groups is 1. The fraction of sp³-hybridized carbons (Fsp3) is 0.556. The highest BCUT2D eigenvalue weighted by atomic mass is 32.2. The maximum atomic E-state index is 12.3. The molecule has 0 aliphatic rings. The van der Waals surface area contributed by atoms with Gasteiger partial charge in [0.25, 0.3) is 0 Å². The molecule has 1 rings (SSSR count). The Balaban J connectivity index is 2.47. The van der Waals surface area contributed by atoms with E-state index in [2.05, 4.69) is 31.4 Å². The molecule has 1 aromatic carbocycles. The normalized spacial score (nSPS) is 11.8. The number of rotatable bonds is 8. The molecule has 6 nitrogen and oxygen atoms in total. The van der Waals surface area contributed by atoms with Crippen LogP contribution in [-0.2, 0) is 19.4 Å². The molecule has 0 spiro atoms. The Morgan fingerprint density at radius 3 is 2.20 bits per heavy atom. The Bertz CT molecular complexity index is 689. The molecule has 0 saturated heterocycles. The minimum atomic E-state index is -3.53. The average Bonchev–Trinajstić information content (AvgIpc) is 2.49. The summed E-state index contributed by atoms with van der Waals surface area (Å²) in [6, 6.07) is 5.92. The largest absolute Gasteiger partial charge is 0.356 e. The van der Waals surface area contributed by atoms with E-state index in [0.29, 0.717) is 12.2 Å². The molecule has 0 saturated carbocycles. The maximum absolute atomic E-state index is 12.3. The fourth-order valence-corrected chi connectivity index (χ4v) is 3.47. The summed E-state index contributed by atoms with van der Waals surface area (Å²) in [4.78, 5) is 22.9. The second kappa shape index (κ2) is 8.99. The van der Waals surface area contributed by atoms with Gasteiger partial charge in [0.2, 0.25) is 11.8 Å². The molecular weight excluding hydrogens is 340 g/mol. The van der Waals surface area contributed by atoms with Crippen LogP contribution in [0, 0.1) is 5.41 Å². The fourth-order valence-electron chi connectivity index (χ4n) is 2.23. The number of carbonyl (C=O) groups is 2. The number of amides is 2. The second-order valence-corrected chi connectivity index (χ2v) is 9.40. The van der Waals surface area contributed by atoms with Gasteiger partial charge in [-0.1, -0.05) is 20.8 Å². The van der Waals surface area contributed by atoms with Crippen LogP contribution in [0.15, 0.2) is 29.2 Å². The SMILES string of the molecule is CC(=O)Nc1ccc(S(=O)(=O)CCC(=O)NCCCC(C)(C)C)cc1. The second-order valence-electron chi connectivity index (χ2n) is 7.29. The van der Waals surface area contributed by atoms with Crippen molar-refractivity contribution in [3.8, 4) is 0 Å². The highest BCUT2D eigenvalue weighted by molar-refractivity contribution is 7.91. The Morgan fingerprint density at radius 2 is 1.68 bits per heavy atom. The lowest BCUT2D eigenvalue weighted by atomic mass is 9.91. The van der Waals surface area contributed by atoms with Gasteiger partial charge < -0.3 is 10.6 Å². The number of hydrogen-bond acceptors (Lipinski definition) is 4. The minimum Gasteiger partial charge on any atom is -0.356 e. The lowest BCUT2D eigenvalue weighted by Crippen LogP contribution is -2.27. The van der Waals surface area contributed by atoms with E-state index in [1.165, 1.54) is 31.2 Å². The molecule has 2 N–H and O–H groups in total. The van der Waals surface area contributed by atoms with E-state index in [1.54, 1.807) is 0 Å². The molecule has 1 aromatic rings. The van der Waals surface area contributed by atoms with Crippen molar-refractivity contribution in [2.24, 2.45) is 5.41 Å². The van der Waals surface area contributed by atoms with Crippen molar-refractivity contribution < 1.29 is 18.0 Å². The number of hydrogen-bond donors (Lipinski definition) is 2. The van der Waals surface area contributed by atoms with Crippen LogP contribution in [0.4, 0.5) is 5.69 Å². The van der Waals surface area contributed by atoms with Crippen molar-refractivity contribution in [1.29, 1.82) is 0 Å². The van der Waals surface area contributed by atoms with Gasteiger partial charge in [-0.25, -0.2) is 8.42 Å². The van der Waals surface area contributed by atoms with E-state index in [0.717, 1.165) is 12.8 Å². The smallest absolute Gasteiger partial charge is 0.221 e. The van der Waals surface area contributed by atoms with Gasteiger partial charge in [-0.05, 0) is 42.5 Å². The van der Waals surface area contributed by atoms with Crippen LogP contribution in [0.2, 0.25) is 0 Å². The Labute approximate surface area is 150 Å². The number of carbonyl (C=O) groups excluding carboxylic acids is 2. The molecule has 0 aromatic heterocycles. The molecule has 2 amide bonds. The van der Waals surface area contributed by atoms with E-state index in [9.17, 15) is 18.0 Å². The molecule has 0 bridgehead atoms. The highest BCUT2D eigenvalue weighted by Gasteiger charge is 2.17. The van der Waals surface area contributed by atoms with Gasteiger partial charge in [0.15, 0.2) is 9.84 Å². The molecule has 0 fully saturated rings. The lowest BCUT2D eigenvalue weighted by Gasteiger charge is -2.17. The summed E-state index contributed by atoms with van der Waals surface area (Å²) in [6.45, 7) is 8.35. The van der Waals surface area contributed by atoms with Crippen molar-refractivity contribution in [1.82, 2.24) is 5.32 Å². The minimum absolute atomic E-state index is 0.0642. The van der Waals surface area contributed by atoms with Crippen molar-refractivity contribution in [2.45, 2.75) is 51.9 Å². The van der Waals surface area contributed by atoms with Gasteiger partial charge in [-0.2, -0.15) is 0 Å². The monoisotopic (exact) mass is 368 g/mol. The van der Waals surface area contributed by atoms with E-state index in [1.807, 2.05) is 0 Å². The van der Waals surface area contributed by atoms with E-state index < -0.39 is 9.84 Å². The molecule has 0 atom stereocenters. The number of anilines is 1. The van der Waals surface area contributed by atoms with Gasteiger partial charge in [0.05, 0.1) is 10.6 Å². The van der Waals surface area contributed by atoms with Crippen molar-refractivity contribution in [3.63, 3.8) is 0 Å². The van der Waals surface area contributed by atoms with E-state index >= 15 is 0 Å². The summed E-state index contributed by atoms with van der Waals surface area (Å²) in [7, 11) is -3.53. The van der Waals surface area contributed by atoms with Crippen LogP contribution in [0.25, 0.3) is 0 Å². The van der Waals surface area contributed by atoms with E-state index in [-0.39, 0.29) is 34.3 Å². The van der Waals surface area contributed by atoms with Gasteiger partial charge in [0, 0.05) is 25.6 Å². The topological polar surface area (TPSA) is 92.3 Å². The van der Waals surface area contributed by atoms with Gasteiger partial charge in [-0.15, -0.1) is 0 Å². The van der Waals surface area contributed by atoms with Crippen LogP contribution in [0.1, 0.15) is 47.0 Å². The number of benzene rings is 1. The third-order valence-electron chi connectivity index (χ3n) is 3.56. The quantitative estimate of drug-likeness (QED) is 0.690. The summed E-state index contributed by atoms with van der Waals surface area (Å²) < 4.78 is 24.5. The summed E-state index contributed by atoms with van der Waals surface area (Å²) >= 11 is 0. The van der Waals surface area contributed by atoms with Gasteiger partial charge in [-0.3, -0.25) is 9.59 Å². The summed E-state index contributed by atoms with van der Waals surface area (Å²) in [5.74, 6) is -0.719. The van der Waals surface area contributed by atoms with Crippen molar-refractivity contribution >= 4 is 27.3 Å². The van der Waals surface area contributed by atoms with Crippen LogP contribution >= 0.6 is 0 Å². The Kier molecular flexibility index (Phi) is 7.60. The third kappa shape index (κ3) is 8.67. The summed E-state index contributed by atoms with van der Waals surface area (Å²) in [5, 5.41) is 5.33. The third-order valence-corrected chi connectivity index (χ3v) is 5.29. The maximum Gasteiger partial charge on any atom is 0.221 e. The van der Waals surface area contributed by atoms with Crippen molar-refractivity contribution in [3.05, 3.63) is 24.3 Å². The van der Waals surface area contributed by atoms with E-state index in [4.69, 9.17) is 0 Å². The first-order valence-corrected chi connectivity index (χ1v) is 10.0. The van der Waals surface area contributed by atoms with Crippen LogP contribution < -0.4 is 10.6 Å². The molecule has 0 unspecified atom stereocenters. The number of nitrogens with one attached hydrogen (secondary N) is 2. The summed E-state index contributed by atoms with van der Waals surface area (Å²) in [5.41, 5.74) is 0.750. The Hall–Kier alpha value is -1.89. The predicted octanol–water partition coefficient (Wildman–Crippen LogP) is 2.75. The molecule has 7 heteroatoms. The zero-order valence-electron chi connectivity index (χ0n) is 15.4. The van der Waals surface area contributed by atoms with Crippen LogP contribution in [0.3, 0.4) is 0 Å². The van der Waals surface area contributed by atoms with Crippen LogP contribution in [-0.4, -0.2) is 32.5 Å². The lowest BCUT2D eigenvalue weighted by molar-refractivity contribution is -0.120. The van der Waals surface area contributed by atoms with Gasteiger partial charge in [0.1, 0.15) is 0 Å². The summed E-state index contributed by atoms with van der Waals surface area (Å²) in [6.07, 6.45) is 1.80. The average molecular weight is 368 g/mol. The molecular formula is C18H28N2O4S. The van der Waals surface area contributed by atoms with Gasteiger partial charge >= 0.3 is 0 Å². The highest BCUT2D eigenvalue weighted by Crippen LogP contribution is 2.20. The molecule has 0 heterocycles. The molecule has 25 heavy (non-hydrogen) atoms. The Morgan fingerprint density at radius 1 is 1.08 bits per heavy atom. The zero-order valence-corrected chi connectivity index (χ0v) is 16.2. The molecule has 0 radical (unpaired) electrons. The van der Waals surface area contributed by atoms with Crippen molar-refractivity contribution in [2.75, 3.05) is 17.6 Å². The predicted molar refractivity (Wildman–Crippen MR) is 99.1 cm³/mol. The van der Waals surface area contributed by atoms with Crippen LogP contribution in [0.5, 0.6) is 0 Å². The molecule has 140 valence electrons. The standard InChI is InChI=1S/C18H28N2O4S/c1-14(21)20-15-6-8-16(9-7-15)25(23,24)13-10-17(22)19-12-5-11-18(2,3)4/h6-9H,5,10-13H2,1-4H3,(H,19,22)(H,20,21). The molecule has 0 aliphatic carbocycles.